The molecule has 1 N–H and O–H groups in total. The van der Waals surface area contributed by atoms with Crippen LogP contribution in [-0.4, -0.2) is 32.7 Å². The van der Waals surface area contributed by atoms with Crippen molar-refractivity contribution >= 4 is 57.9 Å². The largest absolute Gasteiger partial charge is 0.481 e. The molecule has 1 aromatic rings. The first kappa shape index (κ1) is 18.0. The maximum Gasteiger partial charge on any atom is 0.303 e. The molecule has 23 heavy (non-hydrogen) atoms. The molecule has 1 amide bonds. The van der Waals surface area contributed by atoms with Crippen LogP contribution in [0.1, 0.15) is 31.2 Å². The predicted octanol–water partition coefficient (Wildman–Crippen LogP) is 4.19. The van der Waals surface area contributed by atoms with E-state index < -0.39 is 5.97 Å². The molecule has 0 aliphatic carbocycles. The topological polar surface area (TPSA) is 57.6 Å². The summed E-state index contributed by atoms with van der Waals surface area (Å²) < 4.78 is 0.534. The number of carbonyl (C=O) groups is 2. The van der Waals surface area contributed by atoms with Crippen molar-refractivity contribution in [3.8, 4) is 0 Å². The highest BCUT2D eigenvalue weighted by molar-refractivity contribution is 8.26. The summed E-state index contributed by atoms with van der Waals surface area (Å²) in [6, 6.07) is 7.32. The number of rotatable bonds is 7. The number of thiocarbonyl (C=S) groups is 1. The molecule has 122 valence electrons. The van der Waals surface area contributed by atoms with Crippen LogP contribution in [0.4, 0.5) is 0 Å². The molecule has 0 unspecified atom stereocenters. The van der Waals surface area contributed by atoms with Gasteiger partial charge in [-0.3, -0.25) is 14.5 Å². The Bertz CT molecular complexity index is 660. The Balaban J connectivity index is 1.95. The van der Waals surface area contributed by atoms with Gasteiger partial charge in [0.15, 0.2) is 0 Å². The van der Waals surface area contributed by atoms with Crippen molar-refractivity contribution in [2.24, 2.45) is 0 Å². The second-order valence-corrected chi connectivity index (χ2v) is 7.14. The summed E-state index contributed by atoms with van der Waals surface area (Å²) in [6.45, 7) is 0.518. The average molecular weight is 370 g/mol. The first-order valence-electron chi connectivity index (χ1n) is 7.20. The summed E-state index contributed by atoms with van der Waals surface area (Å²) in [4.78, 5) is 25.0. The fourth-order valence-corrected chi connectivity index (χ4v) is 3.64. The molecule has 0 atom stereocenters. The highest BCUT2D eigenvalue weighted by Gasteiger charge is 2.31. The third-order valence-electron chi connectivity index (χ3n) is 3.34. The number of thioether (sulfide) groups is 1. The average Bonchev–Trinajstić information content (AvgIpc) is 2.76. The van der Waals surface area contributed by atoms with E-state index in [4.69, 9.17) is 28.9 Å². The van der Waals surface area contributed by atoms with Crippen molar-refractivity contribution in [3.05, 3.63) is 39.8 Å². The Hall–Kier alpha value is -1.37. The number of carboxylic acids is 1. The maximum atomic E-state index is 12.4. The van der Waals surface area contributed by atoms with Gasteiger partial charge in [-0.05, 0) is 30.5 Å². The van der Waals surface area contributed by atoms with E-state index in [1.54, 1.807) is 17.0 Å². The van der Waals surface area contributed by atoms with Crippen LogP contribution in [-0.2, 0) is 9.59 Å². The normalized spacial score (nSPS) is 16.4. The van der Waals surface area contributed by atoms with Crippen molar-refractivity contribution in [1.82, 2.24) is 4.90 Å². The number of benzene rings is 1. The van der Waals surface area contributed by atoms with Gasteiger partial charge in [-0.25, -0.2) is 0 Å². The number of hydrogen-bond acceptors (Lipinski definition) is 4. The molecule has 0 saturated carbocycles. The number of amides is 1. The molecule has 0 radical (unpaired) electrons. The number of carbonyl (C=O) groups excluding carboxylic acids is 1. The lowest BCUT2D eigenvalue weighted by Gasteiger charge is -2.13. The van der Waals surface area contributed by atoms with Crippen molar-refractivity contribution in [1.29, 1.82) is 0 Å². The Morgan fingerprint density at radius 2 is 2.04 bits per heavy atom. The first-order valence-corrected chi connectivity index (χ1v) is 8.81. The van der Waals surface area contributed by atoms with Crippen LogP contribution in [0.5, 0.6) is 0 Å². The maximum absolute atomic E-state index is 12.4. The molecular weight excluding hydrogens is 354 g/mol. The summed E-state index contributed by atoms with van der Waals surface area (Å²) >= 11 is 12.6. The fraction of sp³-hybridized carbons (Fsp3) is 0.312. The fourth-order valence-electron chi connectivity index (χ4n) is 2.15. The minimum atomic E-state index is -0.793. The molecule has 0 aromatic heterocycles. The Kier molecular flexibility index (Phi) is 6.62. The Morgan fingerprint density at radius 3 is 2.74 bits per heavy atom. The summed E-state index contributed by atoms with van der Waals surface area (Å²) in [7, 11) is 0. The third-order valence-corrected chi connectivity index (χ3v) is 5.06. The summed E-state index contributed by atoms with van der Waals surface area (Å²) in [5.74, 6) is -0.906. The van der Waals surface area contributed by atoms with Crippen molar-refractivity contribution in [3.63, 3.8) is 0 Å². The van der Waals surface area contributed by atoms with Gasteiger partial charge in [-0.15, -0.1) is 0 Å². The summed E-state index contributed by atoms with van der Waals surface area (Å²) in [5.41, 5.74) is 0.788. The molecule has 4 nitrogen and oxygen atoms in total. The summed E-state index contributed by atoms with van der Waals surface area (Å²) in [6.07, 6.45) is 4.02. The van der Waals surface area contributed by atoms with E-state index in [0.29, 0.717) is 27.2 Å². The molecule has 1 aliphatic heterocycles. The van der Waals surface area contributed by atoms with Gasteiger partial charge in [-0.1, -0.05) is 60.2 Å². The lowest BCUT2D eigenvalue weighted by molar-refractivity contribution is -0.137. The molecule has 1 fully saturated rings. The lowest BCUT2D eigenvalue weighted by Crippen LogP contribution is -2.29. The molecule has 1 aliphatic rings. The number of halogens is 1. The molecule has 1 aromatic carbocycles. The van der Waals surface area contributed by atoms with Crippen LogP contribution in [0, 0.1) is 0 Å². The van der Waals surface area contributed by atoms with Gasteiger partial charge >= 0.3 is 5.97 Å². The zero-order chi connectivity index (χ0) is 16.8. The Labute approximate surface area is 149 Å². The zero-order valence-electron chi connectivity index (χ0n) is 12.3. The highest BCUT2D eigenvalue weighted by atomic mass is 35.5. The van der Waals surface area contributed by atoms with Crippen LogP contribution >= 0.6 is 35.6 Å². The molecule has 1 saturated heterocycles. The quantitative estimate of drug-likeness (QED) is 0.443. The van der Waals surface area contributed by atoms with Crippen LogP contribution in [0.15, 0.2) is 29.2 Å². The molecule has 2 rings (SSSR count). The minimum absolute atomic E-state index is 0.113. The monoisotopic (exact) mass is 369 g/mol. The van der Waals surface area contributed by atoms with Crippen molar-refractivity contribution in [2.45, 2.75) is 25.7 Å². The van der Waals surface area contributed by atoms with Gasteiger partial charge in [0.1, 0.15) is 4.32 Å². The number of hydrogen-bond donors (Lipinski definition) is 1. The number of nitrogens with zero attached hydrogens (tertiary/aromatic N) is 1. The van der Waals surface area contributed by atoms with Gasteiger partial charge in [0.2, 0.25) is 0 Å². The van der Waals surface area contributed by atoms with Crippen LogP contribution in [0.3, 0.4) is 0 Å². The number of aliphatic carboxylic acids is 1. The second kappa shape index (κ2) is 8.47. The molecule has 7 heteroatoms. The van der Waals surface area contributed by atoms with E-state index >= 15 is 0 Å². The van der Waals surface area contributed by atoms with Crippen LogP contribution < -0.4 is 0 Å². The van der Waals surface area contributed by atoms with Gasteiger partial charge in [0.25, 0.3) is 5.91 Å². The number of carboxylic acid groups (broad SMARTS) is 1. The van der Waals surface area contributed by atoms with Gasteiger partial charge in [0.05, 0.1) is 4.91 Å². The van der Waals surface area contributed by atoms with Crippen LogP contribution in [0.25, 0.3) is 6.08 Å². The van der Waals surface area contributed by atoms with Gasteiger partial charge < -0.3 is 5.11 Å². The molecule has 0 bridgehead atoms. The van der Waals surface area contributed by atoms with E-state index in [1.165, 1.54) is 11.8 Å². The zero-order valence-corrected chi connectivity index (χ0v) is 14.7. The first-order chi connectivity index (χ1) is 11.0. The lowest BCUT2D eigenvalue weighted by atomic mass is 10.2. The third kappa shape index (κ3) is 5.06. The smallest absolute Gasteiger partial charge is 0.303 e. The molecule has 1 heterocycles. The SMILES string of the molecule is O=C(O)CCCCCN1C(=O)C(=Cc2ccccc2Cl)SC1=S. The van der Waals surface area contributed by atoms with Gasteiger partial charge in [0, 0.05) is 18.0 Å². The second-order valence-electron chi connectivity index (χ2n) is 5.06. The van der Waals surface area contributed by atoms with E-state index in [0.717, 1.165) is 18.4 Å². The molecular formula is C16H16ClNO3S2. The van der Waals surface area contributed by atoms with E-state index in [2.05, 4.69) is 0 Å². The van der Waals surface area contributed by atoms with Crippen molar-refractivity contribution in [2.75, 3.05) is 6.54 Å². The van der Waals surface area contributed by atoms with Crippen LogP contribution in [0.2, 0.25) is 5.02 Å². The number of unbranched alkanes of at least 4 members (excludes halogenated alkanes) is 2. The standard InChI is InChI=1S/C16H16ClNO3S2/c17-12-7-4-3-6-11(12)10-13-15(21)18(16(22)23-13)9-5-1-2-8-14(19)20/h3-4,6-7,10H,1-2,5,8-9H2,(H,19,20). The van der Waals surface area contributed by atoms with E-state index in [-0.39, 0.29) is 12.3 Å². The minimum Gasteiger partial charge on any atom is -0.481 e. The molecule has 0 spiro atoms. The Morgan fingerprint density at radius 1 is 1.30 bits per heavy atom. The van der Waals surface area contributed by atoms with E-state index in [9.17, 15) is 9.59 Å². The highest BCUT2D eigenvalue weighted by Crippen LogP contribution is 2.33. The predicted molar refractivity (Wildman–Crippen MR) is 97.4 cm³/mol. The van der Waals surface area contributed by atoms with E-state index in [1.807, 2.05) is 18.2 Å². The van der Waals surface area contributed by atoms with Gasteiger partial charge in [-0.2, -0.15) is 0 Å². The summed E-state index contributed by atoms with van der Waals surface area (Å²) in [5, 5.41) is 9.19. The van der Waals surface area contributed by atoms with Crippen molar-refractivity contribution < 1.29 is 14.7 Å².